The maximum atomic E-state index is 12.8. The number of alkyl halides is 3. The molecule has 2 rings (SSSR count). The van der Waals surface area contributed by atoms with Crippen LogP contribution in [0.3, 0.4) is 0 Å². The number of aromatic nitrogens is 2. The lowest BCUT2D eigenvalue weighted by Gasteiger charge is -2.24. The highest BCUT2D eigenvalue weighted by molar-refractivity contribution is 5.81. The molecular weight excluding hydrogens is 321 g/mol. The molecule has 1 aliphatic heterocycles. The number of amides is 1. The summed E-state index contributed by atoms with van der Waals surface area (Å²) in [6.07, 6.45) is -0.301. The Morgan fingerprint density at radius 1 is 1.33 bits per heavy atom. The van der Waals surface area contributed by atoms with Gasteiger partial charge in [0.15, 0.2) is 0 Å². The van der Waals surface area contributed by atoms with Gasteiger partial charge < -0.3 is 5.32 Å². The second-order valence-electron chi connectivity index (χ2n) is 6.20. The maximum absolute atomic E-state index is 12.8. The largest absolute Gasteiger partial charge is 0.433 e. The zero-order chi connectivity index (χ0) is 17.7. The van der Waals surface area contributed by atoms with Crippen molar-refractivity contribution in [2.24, 2.45) is 0 Å². The van der Waals surface area contributed by atoms with Crippen LogP contribution in [0.5, 0.6) is 0 Å². The van der Waals surface area contributed by atoms with Crippen LogP contribution in [0, 0.1) is 6.92 Å². The summed E-state index contributed by atoms with van der Waals surface area (Å²) in [4.78, 5) is 21.9. The molecule has 134 valence electrons. The molecule has 0 bridgehead atoms. The summed E-state index contributed by atoms with van der Waals surface area (Å²) in [5, 5.41) is 2.79. The van der Waals surface area contributed by atoms with Crippen molar-refractivity contribution in [1.82, 2.24) is 20.2 Å². The zero-order valence-corrected chi connectivity index (χ0v) is 14.0. The summed E-state index contributed by atoms with van der Waals surface area (Å²) in [5.74, 6) is 0.0138. The number of carbonyl (C=O) groups is 1. The molecule has 1 fully saturated rings. The van der Waals surface area contributed by atoms with Crippen molar-refractivity contribution in [3.8, 4) is 0 Å². The van der Waals surface area contributed by atoms with Crippen LogP contribution in [-0.2, 0) is 17.4 Å². The fourth-order valence-corrected chi connectivity index (χ4v) is 2.89. The summed E-state index contributed by atoms with van der Waals surface area (Å²) in [6, 6.07) is 0.749. The topological polar surface area (TPSA) is 58.1 Å². The maximum Gasteiger partial charge on any atom is 0.433 e. The van der Waals surface area contributed by atoms with Gasteiger partial charge in [0.2, 0.25) is 5.91 Å². The summed E-state index contributed by atoms with van der Waals surface area (Å²) in [5.41, 5.74) is -0.679. The van der Waals surface area contributed by atoms with Gasteiger partial charge in [-0.2, -0.15) is 13.2 Å². The number of hydrogen-bond donors (Lipinski definition) is 1. The second kappa shape index (κ2) is 7.92. The zero-order valence-electron chi connectivity index (χ0n) is 14.0. The van der Waals surface area contributed by atoms with Crippen molar-refractivity contribution < 1.29 is 18.0 Å². The van der Waals surface area contributed by atoms with Gasteiger partial charge in [0.25, 0.3) is 0 Å². The number of hydrogen-bond acceptors (Lipinski definition) is 4. The first-order valence-corrected chi connectivity index (χ1v) is 8.17. The Balaban J connectivity index is 1.91. The SMILES string of the molecule is Cc1cc(C(F)(F)F)nc(CCNC(=O)[C@H]2CCCCCN2C)n1. The first-order chi connectivity index (χ1) is 11.3. The molecule has 2 heterocycles. The Morgan fingerprint density at radius 3 is 2.79 bits per heavy atom. The fourth-order valence-electron chi connectivity index (χ4n) is 2.89. The Bertz CT molecular complexity index is 577. The third kappa shape index (κ3) is 5.15. The van der Waals surface area contributed by atoms with Crippen LogP contribution in [0.15, 0.2) is 6.07 Å². The molecule has 1 amide bonds. The summed E-state index contributed by atoms with van der Waals surface area (Å²) >= 11 is 0. The summed E-state index contributed by atoms with van der Waals surface area (Å²) < 4.78 is 38.3. The molecule has 8 heteroatoms. The minimum Gasteiger partial charge on any atom is -0.354 e. The van der Waals surface area contributed by atoms with Gasteiger partial charge in [-0.05, 0) is 39.4 Å². The predicted molar refractivity (Wildman–Crippen MR) is 83.4 cm³/mol. The van der Waals surface area contributed by atoms with E-state index in [1.54, 1.807) is 0 Å². The molecule has 24 heavy (non-hydrogen) atoms. The molecule has 1 atom stereocenters. The molecule has 0 unspecified atom stereocenters. The normalized spacial score (nSPS) is 19.8. The Labute approximate surface area is 139 Å². The number of aryl methyl sites for hydroxylation is 1. The Morgan fingerprint density at radius 2 is 2.08 bits per heavy atom. The second-order valence-corrected chi connectivity index (χ2v) is 6.20. The van der Waals surface area contributed by atoms with Crippen molar-refractivity contribution in [2.45, 2.75) is 51.2 Å². The van der Waals surface area contributed by atoms with Crippen molar-refractivity contribution in [3.05, 3.63) is 23.3 Å². The molecule has 0 spiro atoms. The number of nitrogens with zero attached hydrogens (tertiary/aromatic N) is 3. The summed E-state index contributed by atoms with van der Waals surface area (Å²) in [7, 11) is 1.93. The fraction of sp³-hybridized carbons (Fsp3) is 0.688. The van der Waals surface area contributed by atoms with E-state index < -0.39 is 11.9 Å². The lowest BCUT2D eigenvalue weighted by Crippen LogP contribution is -2.45. The van der Waals surface area contributed by atoms with Gasteiger partial charge in [0.05, 0.1) is 6.04 Å². The summed E-state index contributed by atoms with van der Waals surface area (Å²) in [6.45, 7) is 2.61. The predicted octanol–water partition coefficient (Wildman–Crippen LogP) is 2.34. The Hall–Kier alpha value is -1.70. The van der Waals surface area contributed by atoms with E-state index >= 15 is 0 Å². The van der Waals surface area contributed by atoms with E-state index in [9.17, 15) is 18.0 Å². The molecule has 5 nitrogen and oxygen atoms in total. The monoisotopic (exact) mass is 344 g/mol. The molecule has 1 saturated heterocycles. The number of likely N-dealkylation sites (tertiary alicyclic amines) is 1. The number of rotatable bonds is 4. The first kappa shape index (κ1) is 18.6. The lowest BCUT2D eigenvalue weighted by atomic mass is 10.1. The van der Waals surface area contributed by atoms with Gasteiger partial charge in [0.1, 0.15) is 11.5 Å². The highest BCUT2D eigenvalue weighted by Crippen LogP contribution is 2.27. The van der Waals surface area contributed by atoms with Gasteiger partial charge in [-0.3, -0.25) is 9.69 Å². The van der Waals surface area contributed by atoms with Crippen molar-refractivity contribution in [3.63, 3.8) is 0 Å². The van der Waals surface area contributed by atoms with Gasteiger partial charge in [-0.15, -0.1) is 0 Å². The van der Waals surface area contributed by atoms with E-state index in [2.05, 4.69) is 15.3 Å². The number of nitrogens with one attached hydrogen (secondary N) is 1. The minimum atomic E-state index is -4.49. The molecule has 0 radical (unpaired) electrons. The average molecular weight is 344 g/mol. The minimum absolute atomic E-state index is 0.0805. The molecule has 1 N–H and O–H groups in total. The van der Waals surface area contributed by atoms with E-state index in [0.29, 0.717) is 0 Å². The average Bonchev–Trinajstić information content (AvgIpc) is 2.70. The van der Waals surface area contributed by atoms with Crippen LogP contribution < -0.4 is 5.32 Å². The quantitative estimate of drug-likeness (QED) is 0.911. The third-order valence-electron chi connectivity index (χ3n) is 4.16. The van der Waals surface area contributed by atoms with Crippen molar-refractivity contribution in [1.29, 1.82) is 0 Å². The van der Waals surface area contributed by atoms with E-state index in [4.69, 9.17) is 0 Å². The van der Waals surface area contributed by atoms with Crippen LogP contribution in [0.1, 0.15) is 42.9 Å². The Kier molecular flexibility index (Phi) is 6.15. The highest BCUT2D eigenvalue weighted by atomic mass is 19.4. The third-order valence-corrected chi connectivity index (χ3v) is 4.16. The molecule has 1 aromatic rings. The van der Waals surface area contributed by atoms with Gasteiger partial charge in [0, 0.05) is 18.7 Å². The molecule has 0 aromatic carbocycles. The van der Waals surface area contributed by atoms with Crippen LogP contribution in [0.4, 0.5) is 13.2 Å². The van der Waals surface area contributed by atoms with Gasteiger partial charge in [-0.25, -0.2) is 9.97 Å². The van der Waals surface area contributed by atoms with Crippen LogP contribution >= 0.6 is 0 Å². The number of halogens is 3. The molecule has 0 aliphatic carbocycles. The molecular formula is C16H23F3N4O. The number of carbonyl (C=O) groups excluding carboxylic acids is 1. The molecule has 0 saturated carbocycles. The molecule has 1 aromatic heterocycles. The highest BCUT2D eigenvalue weighted by Gasteiger charge is 2.33. The van der Waals surface area contributed by atoms with Gasteiger partial charge in [-0.1, -0.05) is 12.8 Å². The van der Waals surface area contributed by atoms with Crippen LogP contribution in [-0.4, -0.2) is 47.0 Å². The number of likely N-dealkylation sites (N-methyl/N-ethyl adjacent to an activating group) is 1. The molecule has 1 aliphatic rings. The van der Waals surface area contributed by atoms with E-state index in [-0.39, 0.29) is 36.4 Å². The standard InChI is InChI=1S/C16H23F3N4O/c1-11-10-13(16(17,18)19)22-14(21-11)7-8-20-15(24)12-6-4-3-5-9-23(12)2/h10,12H,3-9H2,1-2H3,(H,20,24)/t12-/m1/s1. The first-order valence-electron chi connectivity index (χ1n) is 8.17. The van der Waals surface area contributed by atoms with E-state index in [1.165, 1.54) is 6.92 Å². The lowest BCUT2D eigenvalue weighted by molar-refractivity contribution is -0.141. The van der Waals surface area contributed by atoms with Crippen LogP contribution in [0.2, 0.25) is 0 Å². The van der Waals surface area contributed by atoms with Gasteiger partial charge >= 0.3 is 6.18 Å². The van der Waals surface area contributed by atoms with E-state index in [1.807, 2.05) is 11.9 Å². The van der Waals surface area contributed by atoms with Crippen LogP contribution in [0.25, 0.3) is 0 Å². The van der Waals surface area contributed by atoms with Crippen molar-refractivity contribution >= 4 is 5.91 Å². The van der Waals surface area contributed by atoms with Crippen molar-refractivity contribution in [2.75, 3.05) is 20.1 Å². The smallest absolute Gasteiger partial charge is 0.354 e. The van der Waals surface area contributed by atoms with E-state index in [0.717, 1.165) is 38.3 Å².